The topological polar surface area (TPSA) is 68.8 Å². The molecule has 0 bridgehead atoms. The van der Waals surface area contributed by atoms with Gasteiger partial charge in [-0.3, -0.25) is 0 Å². The summed E-state index contributed by atoms with van der Waals surface area (Å²) < 4.78 is 6.96. The van der Waals surface area contributed by atoms with E-state index >= 15 is 0 Å². The minimum Gasteiger partial charge on any atom is -0.375 e. The number of nitrogens with one attached hydrogen (secondary N) is 1. The lowest BCUT2D eigenvalue weighted by Crippen LogP contribution is -2.06. The Morgan fingerprint density at radius 2 is 2.05 bits per heavy atom. The van der Waals surface area contributed by atoms with E-state index in [-0.39, 0.29) is 0 Å². The third-order valence-corrected chi connectivity index (χ3v) is 3.55. The van der Waals surface area contributed by atoms with Crippen molar-refractivity contribution in [1.29, 1.82) is 0 Å². The van der Waals surface area contributed by atoms with Crippen LogP contribution in [0.2, 0.25) is 0 Å². The molecular formula is C16H19N5O. The van der Waals surface area contributed by atoms with Crippen LogP contribution in [0.5, 0.6) is 0 Å². The van der Waals surface area contributed by atoms with Gasteiger partial charge in [-0.1, -0.05) is 30.3 Å². The Hall–Kier alpha value is -2.63. The van der Waals surface area contributed by atoms with Gasteiger partial charge in [0.1, 0.15) is 0 Å². The summed E-state index contributed by atoms with van der Waals surface area (Å²) in [6.45, 7) is 6.51. The molecule has 0 aliphatic rings. The largest absolute Gasteiger partial charge is 0.375 e. The Balaban J connectivity index is 1.86. The van der Waals surface area contributed by atoms with Crippen LogP contribution < -0.4 is 5.32 Å². The molecule has 1 aromatic carbocycles. The van der Waals surface area contributed by atoms with Gasteiger partial charge in [0.15, 0.2) is 5.82 Å². The molecule has 2 aromatic heterocycles. The van der Waals surface area contributed by atoms with Crippen LogP contribution in [-0.2, 0) is 13.0 Å². The predicted octanol–water partition coefficient (Wildman–Crippen LogP) is 3.05. The summed E-state index contributed by atoms with van der Waals surface area (Å²) in [5.41, 5.74) is 4.42. The van der Waals surface area contributed by atoms with Gasteiger partial charge in [0.2, 0.25) is 5.89 Å². The van der Waals surface area contributed by atoms with Gasteiger partial charge in [0.25, 0.3) is 0 Å². The van der Waals surface area contributed by atoms with Gasteiger partial charge in [-0.05, 0) is 25.0 Å². The second-order valence-electron chi connectivity index (χ2n) is 5.14. The second kappa shape index (κ2) is 6.01. The van der Waals surface area contributed by atoms with Crippen molar-refractivity contribution in [2.24, 2.45) is 0 Å². The maximum Gasteiger partial charge on any atom is 0.223 e. The molecule has 114 valence electrons. The van der Waals surface area contributed by atoms with Crippen molar-refractivity contribution in [3.63, 3.8) is 0 Å². The monoisotopic (exact) mass is 297 g/mol. The van der Waals surface area contributed by atoms with E-state index in [0.717, 1.165) is 23.5 Å². The van der Waals surface area contributed by atoms with Crippen LogP contribution in [0.25, 0.3) is 5.69 Å². The summed E-state index contributed by atoms with van der Waals surface area (Å²) >= 11 is 0. The molecule has 0 atom stereocenters. The number of hydrogen-bond donors (Lipinski definition) is 1. The lowest BCUT2D eigenvalue weighted by Gasteiger charge is -2.10. The number of anilines is 1. The highest BCUT2D eigenvalue weighted by Gasteiger charge is 2.12. The number of hydrogen-bond acceptors (Lipinski definition) is 5. The molecule has 0 aliphatic heterocycles. The number of nitrogens with zero attached hydrogens (tertiary/aromatic N) is 4. The summed E-state index contributed by atoms with van der Waals surface area (Å²) in [5.74, 6) is 1.21. The van der Waals surface area contributed by atoms with Crippen molar-refractivity contribution >= 4 is 5.69 Å². The van der Waals surface area contributed by atoms with Crippen molar-refractivity contribution in [1.82, 2.24) is 19.9 Å². The molecular weight excluding hydrogens is 278 g/mol. The van der Waals surface area contributed by atoms with E-state index in [0.29, 0.717) is 18.3 Å². The van der Waals surface area contributed by atoms with E-state index < -0.39 is 0 Å². The van der Waals surface area contributed by atoms with Gasteiger partial charge < -0.3 is 9.84 Å². The van der Waals surface area contributed by atoms with E-state index in [4.69, 9.17) is 4.52 Å². The van der Waals surface area contributed by atoms with Gasteiger partial charge >= 0.3 is 0 Å². The zero-order chi connectivity index (χ0) is 15.5. The molecule has 3 aromatic rings. The first-order valence-electron chi connectivity index (χ1n) is 7.35. The zero-order valence-corrected chi connectivity index (χ0v) is 13.0. The number of aryl methyl sites for hydroxylation is 2. The summed E-state index contributed by atoms with van der Waals surface area (Å²) in [7, 11) is 0. The number of aromatic nitrogens is 4. The van der Waals surface area contributed by atoms with E-state index in [1.165, 1.54) is 5.56 Å². The predicted molar refractivity (Wildman–Crippen MR) is 84.0 cm³/mol. The fourth-order valence-electron chi connectivity index (χ4n) is 2.46. The Morgan fingerprint density at radius 1 is 1.23 bits per heavy atom. The standard InChI is InChI=1S/C16H19N5O/c1-4-14-13(17-10-16-19-12(3)22-20-16)9-18-21(14)15-8-6-5-7-11(15)2/h5-9,17H,4,10H2,1-3H3. The Bertz CT molecular complexity index is 774. The third-order valence-electron chi connectivity index (χ3n) is 3.55. The molecule has 0 saturated carbocycles. The zero-order valence-electron chi connectivity index (χ0n) is 13.0. The number of para-hydroxylation sites is 1. The highest BCUT2D eigenvalue weighted by atomic mass is 16.5. The van der Waals surface area contributed by atoms with E-state index in [2.05, 4.69) is 46.5 Å². The third kappa shape index (κ3) is 2.72. The first-order chi connectivity index (χ1) is 10.7. The van der Waals surface area contributed by atoms with Gasteiger partial charge in [-0.25, -0.2) is 4.68 Å². The highest BCUT2D eigenvalue weighted by Crippen LogP contribution is 2.22. The average Bonchev–Trinajstić information content (AvgIpc) is 3.11. The first-order valence-corrected chi connectivity index (χ1v) is 7.35. The Kier molecular flexibility index (Phi) is 3.91. The molecule has 0 aliphatic carbocycles. The average molecular weight is 297 g/mol. The van der Waals surface area contributed by atoms with Crippen molar-refractivity contribution in [2.75, 3.05) is 5.32 Å². The SMILES string of the molecule is CCc1c(NCc2noc(C)n2)cnn1-c1ccccc1C. The molecule has 3 rings (SSSR count). The van der Waals surface area contributed by atoms with Crippen molar-refractivity contribution in [2.45, 2.75) is 33.7 Å². The van der Waals surface area contributed by atoms with E-state index in [9.17, 15) is 0 Å². The molecule has 0 saturated heterocycles. The smallest absolute Gasteiger partial charge is 0.223 e. The molecule has 22 heavy (non-hydrogen) atoms. The van der Waals surface area contributed by atoms with Gasteiger partial charge in [0.05, 0.1) is 29.8 Å². The highest BCUT2D eigenvalue weighted by molar-refractivity contribution is 5.51. The molecule has 6 nitrogen and oxygen atoms in total. The Morgan fingerprint density at radius 3 is 2.73 bits per heavy atom. The van der Waals surface area contributed by atoms with Crippen molar-refractivity contribution < 1.29 is 4.52 Å². The van der Waals surface area contributed by atoms with Crippen LogP contribution in [0.15, 0.2) is 35.0 Å². The van der Waals surface area contributed by atoms with Gasteiger partial charge in [-0.2, -0.15) is 10.1 Å². The molecule has 0 unspecified atom stereocenters. The second-order valence-corrected chi connectivity index (χ2v) is 5.14. The van der Waals surface area contributed by atoms with E-state index in [1.54, 1.807) is 6.92 Å². The van der Waals surface area contributed by atoms with Crippen molar-refractivity contribution in [3.8, 4) is 5.69 Å². The van der Waals surface area contributed by atoms with Crippen LogP contribution in [-0.4, -0.2) is 19.9 Å². The molecule has 0 spiro atoms. The number of rotatable bonds is 5. The molecule has 6 heteroatoms. The van der Waals surface area contributed by atoms with Crippen LogP contribution in [0.4, 0.5) is 5.69 Å². The van der Waals surface area contributed by atoms with Crippen LogP contribution >= 0.6 is 0 Å². The fourth-order valence-corrected chi connectivity index (χ4v) is 2.46. The maximum atomic E-state index is 4.98. The lowest BCUT2D eigenvalue weighted by atomic mass is 10.2. The van der Waals surface area contributed by atoms with Crippen LogP contribution in [0.1, 0.15) is 29.9 Å². The van der Waals surface area contributed by atoms with Crippen LogP contribution in [0, 0.1) is 13.8 Å². The molecule has 1 N–H and O–H groups in total. The van der Waals surface area contributed by atoms with Crippen LogP contribution in [0.3, 0.4) is 0 Å². The van der Waals surface area contributed by atoms with E-state index in [1.807, 2.05) is 23.0 Å². The summed E-state index contributed by atoms with van der Waals surface area (Å²) in [6.07, 6.45) is 2.72. The molecule has 0 amide bonds. The van der Waals surface area contributed by atoms with Crippen molar-refractivity contribution in [3.05, 3.63) is 53.4 Å². The first kappa shape index (κ1) is 14.3. The minimum atomic E-state index is 0.518. The van der Waals surface area contributed by atoms with Gasteiger partial charge in [-0.15, -0.1) is 0 Å². The minimum absolute atomic E-state index is 0.518. The lowest BCUT2D eigenvalue weighted by molar-refractivity contribution is 0.388. The summed E-state index contributed by atoms with van der Waals surface area (Å²) in [5, 5.41) is 11.8. The summed E-state index contributed by atoms with van der Waals surface area (Å²) in [6, 6.07) is 8.23. The normalized spacial score (nSPS) is 10.9. The quantitative estimate of drug-likeness (QED) is 0.784. The Labute approximate surface area is 129 Å². The molecule has 0 fully saturated rings. The number of benzene rings is 1. The summed E-state index contributed by atoms with van der Waals surface area (Å²) in [4.78, 5) is 4.19. The molecule has 0 radical (unpaired) electrons. The maximum absolute atomic E-state index is 4.98. The fraction of sp³-hybridized carbons (Fsp3) is 0.312. The van der Waals surface area contributed by atoms with Gasteiger partial charge in [0, 0.05) is 6.92 Å². The molecule has 2 heterocycles.